The van der Waals surface area contributed by atoms with Gasteiger partial charge in [-0.15, -0.1) is 0 Å². The van der Waals surface area contributed by atoms with Crippen LogP contribution in [0, 0.1) is 5.92 Å². The first-order chi connectivity index (χ1) is 15.0. The predicted octanol–water partition coefficient (Wildman–Crippen LogP) is 4.80. The number of amides is 1. The molecular weight excluding hydrogens is 469 g/mol. The van der Waals surface area contributed by atoms with Crippen LogP contribution in [0.4, 0.5) is 18.9 Å². The van der Waals surface area contributed by atoms with Crippen molar-refractivity contribution < 1.29 is 31.1 Å². The van der Waals surface area contributed by atoms with E-state index in [0.717, 1.165) is 25.0 Å². The Balaban J connectivity index is 1.61. The molecule has 1 N–H and O–H groups in total. The Kier molecular flexibility index (Phi) is 7.36. The number of piperidine rings is 1. The van der Waals surface area contributed by atoms with E-state index in [1.807, 2.05) is 0 Å². The summed E-state index contributed by atoms with van der Waals surface area (Å²) < 4.78 is 71.6. The topological polar surface area (TPSA) is 75.7 Å². The van der Waals surface area contributed by atoms with Crippen molar-refractivity contribution in [2.45, 2.75) is 30.8 Å². The van der Waals surface area contributed by atoms with Gasteiger partial charge in [-0.05, 0) is 61.2 Å². The molecule has 1 aliphatic heterocycles. The second-order valence-electron chi connectivity index (χ2n) is 7.58. The van der Waals surface area contributed by atoms with Crippen LogP contribution in [0.2, 0.25) is 5.02 Å². The third-order valence-electron chi connectivity index (χ3n) is 5.14. The largest absolute Gasteiger partial charge is 0.484 e. The van der Waals surface area contributed by atoms with Gasteiger partial charge in [-0.2, -0.15) is 17.5 Å². The molecule has 11 heteroatoms. The fourth-order valence-electron chi connectivity index (χ4n) is 3.28. The average molecular weight is 491 g/mol. The molecule has 0 aromatic heterocycles. The Bertz CT molecular complexity index is 1070. The highest BCUT2D eigenvalue weighted by molar-refractivity contribution is 7.89. The number of nitrogens with zero attached hydrogens (tertiary/aromatic N) is 1. The maximum atomic E-state index is 13.1. The van der Waals surface area contributed by atoms with Crippen molar-refractivity contribution in [1.29, 1.82) is 0 Å². The second kappa shape index (κ2) is 9.68. The number of nitrogens with one attached hydrogen (secondary N) is 1. The fourth-order valence-corrected chi connectivity index (χ4v) is 4.92. The van der Waals surface area contributed by atoms with Crippen molar-refractivity contribution in [3.05, 3.63) is 53.1 Å². The summed E-state index contributed by atoms with van der Waals surface area (Å²) in [5.41, 5.74) is -1.51. The van der Waals surface area contributed by atoms with E-state index in [1.54, 1.807) is 0 Å². The summed E-state index contributed by atoms with van der Waals surface area (Å²) in [7, 11) is -3.62. The van der Waals surface area contributed by atoms with E-state index in [1.165, 1.54) is 34.6 Å². The Morgan fingerprint density at radius 3 is 2.38 bits per heavy atom. The molecule has 6 nitrogen and oxygen atoms in total. The fraction of sp³-hybridized carbons (Fsp3) is 0.381. The van der Waals surface area contributed by atoms with Crippen molar-refractivity contribution in [3.63, 3.8) is 0 Å². The molecule has 32 heavy (non-hydrogen) atoms. The Morgan fingerprint density at radius 2 is 1.78 bits per heavy atom. The zero-order valence-corrected chi connectivity index (χ0v) is 18.7. The van der Waals surface area contributed by atoms with Crippen molar-refractivity contribution in [2.75, 3.05) is 25.0 Å². The van der Waals surface area contributed by atoms with Crippen molar-refractivity contribution >= 4 is 33.2 Å². The summed E-state index contributed by atoms with van der Waals surface area (Å²) in [6.45, 7) is 2.46. The van der Waals surface area contributed by atoms with E-state index in [2.05, 4.69) is 12.2 Å². The number of ether oxygens (including phenoxy) is 1. The highest BCUT2D eigenvalue weighted by Gasteiger charge is 2.34. The molecule has 3 rings (SSSR count). The van der Waals surface area contributed by atoms with Crippen LogP contribution in [0.5, 0.6) is 5.75 Å². The lowest BCUT2D eigenvalue weighted by Gasteiger charge is -2.29. The SMILES string of the molecule is CC1CCN(S(=O)(=O)c2ccc(OCC(=O)Nc3ccc(Cl)cc3C(F)(F)F)cc2)CC1. The molecule has 1 saturated heterocycles. The summed E-state index contributed by atoms with van der Waals surface area (Å²) in [5.74, 6) is -0.112. The predicted molar refractivity (Wildman–Crippen MR) is 114 cm³/mol. The number of hydrogen-bond donors (Lipinski definition) is 1. The summed E-state index contributed by atoms with van der Waals surface area (Å²) in [4.78, 5) is 12.2. The smallest absolute Gasteiger partial charge is 0.418 e. The molecule has 0 spiro atoms. The average Bonchev–Trinajstić information content (AvgIpc) is 2.73. The molecule has 1 fully saturated rings. The standard InChI is InChI=1S/C21H22ClF3N2O4S/c1-14-8-10-27(11-9-14)32(29,30)17-5-3-16(4-6-17)31-13-20(28)26-19-7-2-15(22)12-18(19)21(23,24)25/h2-7,12,14H,8-11,13H2,1H3,(H,26,28). The molecule has 1 aliphatic rings. The Morgan fingerprint density at radius 1 is 1.16 bits per heavy atom. The van der Waals surface area contributed by atoms with Crippen LogP contribution in [0.3, 0.4) is 0 Å². The number of rotatable bonds is 6. The molecule has 0 unspecified atom stereocenters. The molecule has 2 aromatic rings. The summed E-state index contributed by atoms with van der Waals surface area (Å²) in [6.07, 6.45) is -3.08. The van der Waals surface area contributed by atoms with Crippen molar-refractivity contribution in [2.24, 2.45) is 5.92 Å². The maximum Gasteiger partial charge on any atom is 0.418 e. The van der Waals surface area contributed by atoms with Crippen LogP contribution in [-0.4, -0.2) is 38.3 Å². The van der Waals surface area contributed by atoms with E-state index in [-0.39, 0.29) is 15.7 Å². The lowest BCUT2D eigenvalue weighted by molar-refractivity contribution is -0.137. The van der Waals surface area contributed by atoms with Gasteiger partial charge < -0.3 is 10.1 Å². The third-order valence-corrected chi connectivity index (χ3v) is 7.28. The maximum absolute atomic E-state index is 13.1. The number of anilines is 1. The van der Waals surface area contributed by atoms with Gasteiger partial charge in [-0.25, -0.2) is 8.42 Å². The number of sulfonamides is 1. The van der Waals surface area contributed by atoms with Crippen LogP contribution in [0.15, 0.2) is 47.4 Å². The zero-order valence-electron chi connectivity index (χ0n) is 17.2. The van der Waals surface area contributed by atoms with Crippen LogP contribution in [0.25, 0.3) is 0 Å². The molecule has 174 valence electrons. The van der Waals surface area contributed by atoms with Gasteiger partial charge in [0.25, 0.3) is 5.91 Å². The molecule has 1 amide bonds. The van der Waals surface area contributed by atoms with Gasteiger partial charge in [-0.3, -0.25) is 4.79 Å². The van der Waals surface area contributed by atoms with Gasteiger partial charge in [0.15, 0.2) is 6.61 Å². The highest BCUT2D eigenvalue weighted by Crippen LogP contribution is 2.36. The monoisotopic (exact) mass is 490 g/mol. The molecular formula is C21H22ClF3N2O4S. The van der Waals surface area contributed by atoms with Gasteiger partial charge in [0.05, 0.1) is 16.1 Å². The molecule has 0 aliphatic carbocycles. The molecule has 1 heterocycles. The van der Waals surface area contributed by atoms with Gasteiger partial charge in [0.2, 0.25) is 10.0 Å². The summed E-state index contributed by atoms with van der Waals surface area (Å²) >= 11 is 5.62. The number of alkyl halides is 3. The lowest BCUT2D eigenvalue weighted by atomic mass is 10.0. The first kappa shape index (κ1) is 24.3. The van der Waals surface area contributed by atoms with Crippen molar-refractivity contribution in [1.82, 2.24) is 4.31 Å². The second-order valence-corrected chi connectivity index (χ2v) is 9.96. The molecule has 0 saturated carbocycles. The number of hydrogen-bond acceptors (Lipinski definition) is 4. The Hall–Kier alpha value is -2.30. The van der Waals surface area contributed by atoms with Crippen LogP contribution >= 0.6 is 11.6 Å². The van der Waals surface area contributed by atoms with Gasteiger partial charge >= 0.3 is 6.18 Å². The van der Waals surface area contributed by atoms with Crippen LogP contribution in [0.1, 0.15) is 25.3 Å². The van der Waals surface area contributed by atoms with E-state index in [9.17, 15) is 26.4 Å². The number of carbonyl (C=O) groups is 1. The molecule has 0 radical (unpaired) electrons. The molecule has 2 aromatic carbocycles. The lowest BCUT2D eigenvalue weighted by Crippen LogP contribution is -2.37. The summed E-state index contributed by atoms with van der Waals surface area (Å²) in [5, 5.41) is 2.04. The van der Waals surface area contributed by atoms with E-state index in [0.29, 0.717) is 19.0 Å². The summed E-state index contributed by atoms with van der Waals surface area (Å²) in [6, 6.07) is 8.56. The number of halogens is 4. The van der Waals surface area contributed by atoms with Crippen molar-refractivity contribution in [3.8, 4) is 5.75 Å². The molecule has 0 bridgehead atoms. The van der Waals surface area contributed by atoms with E-state index >= 15 is 0 Å². The minimum Gasteiger partial charge on any atom is -0.484 e. The third kappa shape index (κ3) is 5.93. The van der Waals surface area contributed by atoms with Gasteiger partial charge in [0.1, 0.15) is 5.75 Å². The number of benzene rings is 2. The van der Waals surface area contributed by atoms with Gasteiger partial charge in [0, 0.05) is 18.1 Å². The quantitative estimate of drug-likeness (QED) is 0.631. The first-order valence-electron chi connectivity index (χ1n) is 9.86. The van der Waals surface area contributed by atoms with E-state index < -0.39 is 40.0 Å². The van der Waals surface area contributed by atoms with Crippen LogP contribution in [-0.2, 0) is 21.0 Å². The first-order valence-corrected chi connectivity index (χ1v) is 11.7. The normalized spacial score (nSPS) is 16.0. The highest BCUT2D eigenvalue weighted by atomic mass is 35.5. The van der Waals surface area contributed by atoms with Crippen LogP contribution < -0.4 is 10.1 Å². The Labute approximate surface area is 189 Å². The minimum atomic E-state index is -4.69. The van der Waals surface area contributed by atoms with E-state index in [4.69, 9.17) is 16.3 Å². The molecule has 0 atom stereocenters. The number of carbonyl (C=O) groups excluding carboxylic acids is 1. The van der Waals surface area contributed by atoms with Gasteiger partial charge in [-0.1, -0.05) is 18.5 Å². The zero-order chi connectivity index (χ0) is 23.5. The minimum absolute atomic E-state index is 0.110.